The highest BCUT2D eigenvalue weighted by atomic mass is 16.5. The second-order valence-electron chi connectivity index (χ2n) is 2.63. The van der Waals surface area contributed by atoms with Crippen LogP contribution >= 0.6 is 0 Å². The number of rotatable bonds is 3. The predicted octanol–water partition coefficient (Wildman–Crippen LogP) is 0.971. The summed E-state index contributed by atoms with van der Waals surface area (Å²) in [5.41, 5.74) is 0.725. The molecular weight excluding hydrogens is 180 g/mol. The fourth-order valence-corrected chi connectivity index (χ4v) is 1.14. The van der Waals surface area contributed by atoms with Gasteiger partial charge in [-0.1, -0.05) is 30.3 Å². The summed E-state index contributed by atoms with van der Waals surface area (Å²) >= 11 is 0. The number of hydrogen-bond acceptors (Lipinski definition) is 3. The van der Waals surface area contributed by atoms with Gasteiger partial charge in [-0.2, -0.15) is 5.26 Å². The highest BCUT2D eigenvalue weighted by Gasteiger charge is 2.18. The summed E-state index contributed by atoms with van der Waals surface area (Å²) in [7, 11) is 1.43. The van der Waals surface area contributed by atoms with Crippen molar-refractivity contribution in [1.82, 2.24) is 5.32 Å². The quantitative estimate of drug-likeness (QED) is 0.570. The van der Waals surface area contributed by atoms with Gasteiger partial charge in [0.2, 0.25) is 0 Å². The molecule has 0 aliphatic heterocycles. The second-order valence-corrected chi connectivity index (χ2v) is 2.63. The number of benzene rings is 1. The number of carbonyl (C=O) groups is 1. The first-order valence-electron chi connectivity index (χ1n) is 4.06. The van der Waals surface area contributed by atoms with E-state index in [0.29, 0.717) is 0 Å². The Hall–Kier alpha value is -1.86. The molecule has 0 fully saturated rings. The highest BCUT2D eigenvalue weighted by Crippen LogP contribution is 2.15. The number of nitrogens with one attached hydrogen (secondary N) is 1. The summed E-state index contributed by atoms with van der Waals surface area (Å²) in [5.74, 6) is -0.457. The third-order valence-corrected chi connectivity index (χ3v) is 1.76. The molecule has 14 heavy (non-hydrogen) atoms. The number of amides is 1. The van der Waals surface area contributed by atoms with Crippen LogP contribution in [0.1, 0.15) is 11.7 Å². The van der Waals surface area contributed by atoms with Gasteiger partial charge in [0.05, 0.1) is 0 Å². The lowest BCUT2D eigenvalue weighted by molar-refractivity contribution is -0.130. The van der Waals surface area contributed by atoms with Crippen LogP contribution in [0.2, 0.25) is 0 Å². The minimum atomic E-state index is -0.726. The van der Waals surface area contributed by atoms with Crippen molar-refractivity contribution >= 4 is 5.91 Å². The van der Waals surface area contributed by atoms with Crippen molar-refractivity contribution in [3.05, 3.63) is 35.9 Å². The van der Waals surface area contributed by atoms with Gasteiger partial charge in [0, 0.05) is 7.11 Å². The van der Waals surface area contributed by atoms with Gasteiger partial charge in [0.15, 0.2) is 12.3 Å². The van der Waals surface area contributed by atoms with Crippen molar-refractivity contribution in [1.29, 1.82) is 5.26 Å². The molecule has 0 radical (unpaired) electrons. The second kappa shape index (κ2) is 5.00. The number of ether oxygens (including phenoxy) is 1. The van der Waals surface area contributed by atoms with E-state index in [0.717, 1.165) is 5.56 Å². The fraction of sp³-hybridized carbons (Fsp3) is 0.200. The molecule has 4 heteroatoms. The van der Waals surface area contributed by atoms with Gasteiger partial charge >= 0.3 is 0 Å². The van der Waals surface area contributed by atoms with Gasteiger partial charge in [-0.15, -0.1) is 0 Å². The molecule has 0 saturated carbocycles. The third kappa shape index (κ3) is 2.31. The van der Waals surface area contributed by atoms with Gasteiger partial charge in [-0.25, -0.2) is 0 Å². The number of nitrogens with zero attached hydrogens (tertiary/aromatic N) is 1. The zero-order chi connectivity index (χ0) is 10.4. The Labute approximate surface area is 82.1 Å². The summed E-state index contributed by atoms with van der Waals surface area (Å²) < 4.78 is 4.99. The Kier molecular flexibility index (Phi) is 3.65. The number of carbonyl (C=O) groups excluding carboxylic acids is 1. The van der Waals surface area contributed by atoms with Crippen molar-refractivity contribution in [3.8, 4) is 6.19 Å². The van der Waals surface area contributed by atoms with Gasteiger partial charge in [-0.3, -0.25) is 10.1 Å². The highest BCUT2D eigenvalue weighted by molar-refractivity contribution is 5.83. The zero-order valence-electron chi connectivity index (χ0n) is 7.73. The van der Waals surface area contributed by atoms with Gasteiger partial charge in [0.25, 0.3) is 5.91 Å². The lowest BCUT2D eigenvalue weighted by Gasteiger charge is -2.12. The molecule has 0 heterocycles. The standard InChI is InChI=1S/C10H10N2O2/c1-14-9(10(13)12-7-11)8-5-3-2-4-6-8/h2-6,9H,1H3,(H,12,13). The van der Waals surface area contributed by atoms with Gasteiger partial charge in [0.1, 0.15) is 0 Å². The Morgan fingerprint density at radius 1 is 1.50 bits per heavy atom. The van der Waals surface area contributed by atoms with Crippen molar-refractivity contribution < 1.29 is 9.53 Å². The van der Waals surface area contributed by atoms with Crippen LogP contribution in [0, 0.1) is 11.5 Å². The molecule has 1 aromatic rings. The zero-order valence-corrected chi connectivity index (χ0v) is 7.73. The van der Waals surface area contributed by atoms with Crippen LogP contribution in [0.25, 0.3) is 0 Å². The van der Waals surface area contributed by atoms with Gasteiger partial charge in [-0.05, 0) is 5.56 Å². The monoisotopic (exact) mass is 190 g/mol. The smallest absolute Gasteiger partial charge is 0.266 e. The number of methoxy groups -OCH3 is 1. The number of hydrogen-bond donors (Lipinski definition) is 1. The lowest BCUT2D eigenvalue weighted by atomic mass is 10.1. The van der Waals surface area contributed by atoms with E-state index in [-0.39, 0.29) is 0 Å². The normalized spacial score (nSPS) is 11.4. The van der Waals surface area contributed by atoms with E-state index < -0.39 is 12.0 Å². The maximum atomic E-state index is 11.3. The Balaban J connectivity index is 2.83. The van der Waals surface area contributed by atoms with Crippen LogP contribution in [0.3, 0.4) is 0 Å². The summed E-state index contributed by atoms with van der Waals surface area (Å²) in [6, 6.07) is 9.00. The molecule has 0 saturated heterocycles. The van der Waals surface area contributed by atoms with Crippen LogP contribution in [0.4, 0.5) is 0 Å². The molecule has 4 nitrogen and oxygen atoms in total. The Morgan fingerprint density at radius 3 is 2.64 bits per heavy atom. The largest absolute Gasteiger partial charge is 0.367 e. The maximum absolute atomic E-state index is 11.3. The first-order chi connectivity index (χ1) is 6.79. The van der Waals surface area contributed by atoms with Crippen molar-refractivity contribution in [3.63, 3.8) is 0 Å². The molecule has 1 N–H and O–H groups in total. The molecular formula is C10H10N2O2. The van der Waals surface area contributed by atoms with E-state index in [1.807, 2.05) is 11.4 Å². The predicted molar refractivity (Wildman–Crippen MR) is 49.9 cm³/mol. The van der Waals surface area contributed by atoms with Crippen LogP contribution in [-0.2, 0) is 9.53 Å². The summed E-state index contributed by atoms with van der Waals surface area (Å²) in [6.07, 6.45) is 0.846. The third-order valence-electron chi connectivity index (χ3n) is 1.76. The molecule has 1 amide bonds. The summed E-state index contributed by atoms with van der Waals surface area (Å²) in [5, 5.41) is 10.3. The molecule has 72 valence electrons. The fourth-order valence-electron chi connectivity index (χ4n) is 1.14. The van der Waals surface area contributed by atoms with Crippen molar-refractivity contribution in [2.45, 2.75) is 6.10 Å². The SMILES string of the molecule is COC(C(=O)NC#N)c1ccccc1. The van der Waals surface area contributed by atoms with Crippen LogP contribution in [-0.4, -0.2) is 13.0 Å². The summed E-state index contributed by atoms with van der Waals surface area (Å²) in [6.45, 7) is 0. The molecule has 1 atom stereocenters. The van der Waals surface area contributed by atoms with E-state index >= 15 is 0 Å². The van der Waals surface area contributed by atoms with E-state index in [1.54, 1.807) is 30.5 Å². The Morgan fingerprint density at radius 2 is 2.14 bits per heavy atom. The molecule has 1 unspecified atom stereocenters. The average Bonchev–Trinajstić information content (AvgIpc) is 2.21. The summed E-state index contributed by atoms with van der Waals surface area (Å²) in [4.78, 5) is 11.3. The Bertz CT molecular complexity index is 343. The molecule has 0 aliphatic rings. The van der Waals surface area contributed by atoms with Crippen molar-refractivity contribution in [2.75, 3.05) is 7.11 Å². The van der Waals surface area contributed by atoms with Crippen LogP contribution in [0.15, 0.2) is 30.3 Å². The molecule has 0 spiro atoms. The maximum Gasteiger partial charge on any atom is 0.266 e. The topological polar surface area (TPSA) is 62.1 Å². The van der Waals surface area contributed by atoms with E-state index in [9.17, 15) is 4.79 Å². The average molecular weight is 190 g/mol. The van der Waals surface area contributed by atoms with Gasteiger partial charge < -0.3 is 4.74 Å². The minimum absolute atomic E-state index is 0.457. The lowest BCUT2D eigenvalue weighted by Crippen LogP contribution is -2.26. The minimum Gasteiger partial charge on any atom is -0.367 e. The molecule has 1 rings (SSSR count). The first kappa shape index (κ1) is 10.2. The number of nitriles is 1. The molecule has 0 aliphatic carbocycles. The van der Waals surface area contributed by atoms with E-state index in [1.165, 1.54) is 7.11 Å². The molecule has 1 aromatic carbocycles. The van der Waals surface area contributed by atoms with E-state index in [4.69, 9.17) is 10.00 Å². The van der Waals surface area contributed by atoms with Crippen LogP contribution < -0.4 is 5.32 Å². The first-order valence-corrected chi connectivity index (χ1v) is 4.06. The molecule has 0 aromatic heterocycles. The van der Waals surface area contributed by atoms with Crippen molar-refractivity contribution in [2.24, 2.45) is 0 Å². The van der Waals surface area contributed by atoms with E-state index in [2.05, 4.69) is 0 Å². The molecule has 0 bridgehead atoms. The van der Waals surface area contributed by atoms with Crippen LogP contribution in [0.5, 0.6) is 0 Å².